The summed E-state index contributed by atoms with van der Waals surface area (Å²) in [5.41, 5.74) is 5.99. The third kappa shape index (κ3) is 17.1. The number of nitrogens with zero attached hydrogens (tertiary/aromatic N) is 9. The second-order valence-electron chi connectivity index (χ2n) is 22.4. The quantitative estimate of drug-likeness (QED) is 0.00675. The molecular formula is C66H73N12O14S+. The number of nitro benzene ring substituents is 1. The summed E-state index contributed by atoms with van der Waals surface area (Å²) in [6, 6.07) is 32.4. The molecule has 1 unspecified atom stereocenters. The van der Waals surface area contributed by atoms with Gasteiger partial charge in [-0.15, -0.1) is 22.0 Å². The van der Waals surface area contributed by atoms with Gasteiger partial charge in [0.15, 0.2) is 6.29 Å². The minimum atomic E-state index is -1.20. The van der Waals surface area contributed by atoms with E-state index in [4.69, 9.17) is 23.4 Å². The van der Waals surface area contributed by atoms with Gasteiger partial charge in [0.2, 0.25) is 29.0 Å². The molecule has 27 heteroatoms. The molecule has 0 saturated carbocycles. The van der Waals surface area contributed by atoms with Crippen molar-refractivity contribution in [2.45, 2.75) is 43.6 Å². The summed E-state index contributed by atoms with van der Waals surface area (Å²) in [6.07, 6.45) is 0.811. The van der Waals surface area contributed by atoms with Crippen LogP contribution < -0.4 is 45.2 Å². The van der Waals surface area contributed by atoms with Crippen LogP contribution in [0.2, 0.25) is 0 Å². The highest BCUT2D eigenvalue weighted by atomic mass is 32.2. The molecule has 5 aromatic carbocycles. The number of nitro groups is 1. The topological polar surface area (TPSA) is 314 Å². The summed E-state index contributed by atoms with van der Waals surface area (Å²) >= 11 is 1.32. The Hall–Kier alpha value is -10.1. The lowest BCUT2D eigenvalue weighted by Crippen LogP contribution is -2.43. The number of aromatic carboxylic acids is 1. The lowest BCUT2D eigenvalue weighted by Gasteiger charge is -2.29. The standard InChI is InChI=1S/C66H72N12O14S/c1-74(2)46-20-23-49-54(33-46)92-55-34-47(75(3)4)21-24-50(55)62(49)48-22-11-40(32-51(48)66(84)85)63(81)68-26-9-27-69-64(82)41-38-90-61(91-39-41)25-30-77-60(80)37-58(65(77)83)93-31-28-67-59(79)10-8-29-76(5)44-16-12-42(13-17-44)70-72-52-35-57(89-7)53(36-56(52)88-6)73-71-43-14-18-45(19-15-43)78(86)87/h11-24,32-36,41,58,61H,8-10,25-31,37-39H2,1-7H3,(H3-,67,68,69,79,81,82,84,85)/p+1. The van der Waals surface area contributed by atoms with Gasteiger partial charge in [-0.3, -0.25) is 39.0 Å². The number of azo groups is 2. The number of non-ortho nitro benzene ring substituents is 1. The lowest BCUT2D eigenvalue weighted by atomic mass is 9.89. The second-order valence-corrected chi connectivity index (χ2v) is 23.7. The van der Waals surface area contributed by atoms with Crippen LogP contribution in [0.1, 0.15) is 52.8 Å². The van der Waals surface area contributed by atoms with E-state index < -0.39 is 34.3 Å². The zero-order chi connectivity index (χ0) is 66.3. The van der Waals surface area contributed by atoms with Crippen LogP contribution in [-0.2, 0) is 28.7 Å². The molecule has 1 aliphatic carbocycles. The number of benzene rings is 6. The first-order chi connectivity index (χ1) is 44.8. The molecule has 0 spiro atoms. The van der Waals surface area contributed by atoms with Crippen LogP contribution in [0.4, 0.5) is 39.8 Å². The van der Waals surface area contributed by atoms with E-state index in [-0.39, 0.29) is 92.6 Å². The summed E-state index contributed by atoms with van der Waals surface area (Å²) in [5, 5.41) is 48.2. The molecule has 5 amide bonds. The lowest BCUT2D eigenvalue weighted by molar-refractivity contribution is -0.384. The van der Waals surface area contributed by atoms with Crippen molar-refractivity contribution < 1.29 is 62.2 Å². The number of hydrogen-bond donors (Lipinski definition) is 4. The molecule has 0 aromatic heterocycles. The van der Waals surface area contributed by atoms with Gasteiger partial charge in [0, 0.05) is 149 Å². The normalized spacial score (nSPS) is 15.6. The molecule has 3 aliphatic heterocycles. The fourth-order valence-corrected chi connectivity index (χ4v) is 11.4. The number of ether oxygens (including phenoxy) is 4. The summed E-state index contributed by atoms with van der Waals surface area (Å²) in [5.74, 6) is -1.55. The number of fused-ring (bicyclic) bond motifs is 2. The molecule has 9 rings (SSSR count). The van der Waals surface area contributed by atoms with Crippen LogP contribution in [0.15, 0.2) is 140 Å². The Balaban J connectivity index is 0.638. The number of methoxy groups -OCH3 is 2. The van der Waals surface area contributed by atoms with Crippen molar-refractivity contribution in [3.05, 3.63) is 142 Å². The van der Waals surface area contributed by atoms with Gasteiger partial charge >= 0.3 is 5.97 Å². The first-order valence-corrected chi connectivity index (χ1v) is 31.1. The molecule has 93 heavy (non-hydrogen) atoms. The second kappa shape index (κ2) is 31.3. The van der Waals surface area contributed by atoms with Crippen molar-refractivity contribution in [1.29, 1.82) is 0 Å². The maximum Gasteiger partial charge on any atom is 0.336 e. The average Bonchev–Trinajstić information content (AvgIpc) is 1.32. The highest BCUT2D eigenvalue weighted by Crippen LogP contribution is 2.44. The van der Waals surface area contributed by atoms with E-state index in [0.29, 0.717) is 88.4 Å². The highest BCUT2D eigenvalue weighted by Gasteiger charge is 2.39. The third-order valence-corrected chi connectivity index (χ3v) is 16.8. The number of thioether (sulfide) groups is 1. The number of hydrogen-bond acceptors (Lipinski definition) is 20. The number of amides is 5. The minimum Gasteiger partial charge on any atom is -0.494 e. The predicted molar refractivity (Wildman–Crippen MR) is 351 cm³/mol. The molecule has 2 fully saturated rings. The molecule has 3 heterocycles. The van der Waals surface area contributed by atoms with Crippen LogP contribution >= 0.6 is 11.8 Å². The maximum absolute atomic E-state index is 13.4. The number of carbonyl (C=O) groups is 6. The fraction of sp³-hybridized carbons (Fsp3) is 0.348. The van der Waals surface area contributed by atoms with E-state index in [1.54, 1.807) is 24.3 Å². The first kappa shape index (κ1) is 67.3. The molecule has 4 N–H and O–H groups in total. The largest absolute Gasteiger partial charge is 0.494 e. The summed E-state index contributed by atoms with van der Waals surface area (Å²) in [6.45, 7) is 1.60. The molecule has 5 aromatic rings. The summed E-state index contributed by atoms with van der Waals surface area (Å²) < 4.78 is 31.0. The van der Waals surface area contributed by atoms with E-state index in [2.05, 4.69) is 36.4 Å². The van der Waals surface area contributed by atoms with E-state index in [1.807, 2.05) is 110 Å². The SMILES string of the molecule is COc1cc(N=Nc2ccc([N+](=O)[O-])cc2)c(OC)cc1N=Nc1ccc(N(C)CCCC(=O)NCCSC2CC(=O)N(CCC3OCC(C(=O)NCCCNC(=O)c4ccc(-c5c6ccc(=[N+](C)C)cc-6oc6cc(N(C)C)ccc56)c(C(=O)O)c4)CO3)C2=O)cc1. The Kier molecular flexibility index (Phi) is 22.6. The van der Waals surface area contributed by atoms with Crippen molar-refractivity contribution in [1.82, 2.24) is 25.4 Å². The van der Waals surface area contributed by atoms with Crippen LogP contribution in [-0.4, -0.2) is 163 Å². The highest BCUT2D eigenvalue weighted by molar-refractivity contribution is 8.00. The molecule has 26 nitrogen and oxygen atoms in total. The van der Waals surface area contributed by atoms with Gasteiger partial charge in [-0.1, -0.05) is 6.07 Å². The Morgan fingerprint density at radius 3 is 2.03 bits per heavy atom. The number of imide groups is 1. The zero-order valence-corrected chi connectivity index (χ0v) is 53.4. The smallest absolute Gasteiger partial charge is 0.336 e. The predicted octanol–water partition coefficient (Wildman–Crippen LogP) is 9.27. The fourth-order valence-electron chi connectivity index (χ4n) is 10.4. The monoisotopic (exact) mass is 1290 g/mol. The van der Waals surface area contributed by atoms with Crippen LogP contribution in [0.3, 0.4) is 0 Å². The maximum atomic E-state index is 13.4. The van der Waals surface area contributed by atoms with Crippen molar-refractivity contribution in [3.8, 4) is 33.9 Å². The molecule has 4 aliphatic rings. The summed E-state index contributed by atoms with van der Waals surface area (Å²) in [4.78, 5) is 93.9. The number of rotatable bonds is 28. The van der Waals surface area contributed by atoms with Gasteiger partial charge in [-0.2, -0.15) is 10.2 Å². The van der Waals surface area contributed by atoms with Crippen molar-refractivity contribution in [2.24, 2.45) is 26.4 Å². The number of likely N-dealkylation sites (tertiary alicyclic amines) is 1. The Morgan fingerprint density at radius 1 is 0.753 bits per heavy atom. The van der Waals surface area contributed by atoms with Gasteiger partial charge < -0.3 is 54.2 Å². The van der Waals surface area contributed by atoms with E-state index in [1.165, 1.54) is 61.2 Å². The molecule has 0 bridgehead atoms. The molecule has 0 radical (unpaired) electrons. The molecule has 486 valence electrons. The van der Waals surface area contributed by atoms with Gasteiger partial charge in [0.1, 0.15) is 48.3 Å². The van der Waals surface area contributed by atoms with Crippen molar-refractivity contribution in [3.63, 3.8) is 0 Å². The van der Waals surface area contributed by atoms with Gasteiger partial charge in [0.25, 0.3) is 11.6 Å². The molecule has 2 saturated heterocycles. The number of carbonyl (C=O) groups excluding carboxylic acids is 5. The van der Waals surface area contributed by atoms with Crippen molar-refractivity contribution in [2.75, 3.05) is 111 Å². The average molecular weight is 1290 g/mol. The van der Waals surface area contributed by atoms with E-state index in [0.717, 1.165) is 27.7 Å². The number of anilines is 2. The van der Waals surface area contributed by atoms with Crippen molar-refractivity contribution >= 4 is 98.0 Å². The number of carboxylic acid groups (broad SMARTS) is 1. The van der Waals surface area contributed by atoms with Gasteiger partial charge in [0.05, 0.1) is 66.5 Å². The minimum absolute atomic E-state index is 0.0472. The van der Waals surface area contributed by atoms with Gasteiger partial charge in [-0.05, 0) is 85.1 Å². The van der Waals surface area contributed by atoms with E-state index >= 15 is 0 Å². The number of nitrogens with one attached hydrogen (secondary N) is 3. The van der Waals surface area contributed by atoms with Crippen LogP contribution in [0.25, 0.3) is 33.4 Å². The summed E-state index contributed by atoms with van der Waals surface area (Å²) in [7, 11) is 12.6. The van der Waals surface area contributed by atoms with Gasteiger partial charge in [-0.25, -0.2) is 9.37 Å². The van der Waals surface area contributed by atoms with E-state index in [9.17, 15) is 44.0 Å². The Bertz CT molecular complexity index is 4020. The molecular weight excluding hydrogens is 1220 g/mol. The van der Waals surface area contributed by atoms with Crippen LogP contribution in [0, 0.1) is 16.0 Å². The number of carboxylic acids is 1. The Morgan fingerprint density at radius 2 is 1.40 bits per heavy atom. The molecule has 1 atom stereocenters. The zero-order valence-electron chi connectivity index (χ0n) is 52.6. The Labute approximate surface area is 540 Å². The third-order valence-electron chi connectivity index (χ3n) is 15.6. The van der Waals surface area contributed by atoms with Crippen LogP contribution in [0.5, 0.6) is 11.5 Å². The first-order valence-electron chi connectivity index (χ1n) is 30.0.